The number of nitrogens with zero attached hydrogens (tertiary/aromatic N) is 3. The summed E-state index contributed by atoms with van der Waals surface area (Å²) in [4.78, 5) is 7.45. The zero-order valence-electron chi connectivity index (χ0n) is 16.6. The van der Waals surface area contributed by atoms with Gasteiger partial charge in [-0.2, -0.15) is 15.9 Å². The lowest BCUT2D eigenvalue weighted by Crippen LogP contribution is -2.26. The van der Waals surface area contributed by atoms with E-state index in [1.165, 1.54) is 0 Å². The third kappa shape index (κ3) is 3.93. The molecule has 0 saturated heterocycles. The quantitative estimate of drug-likeness (QED) is 0.458. The van der Waals surface area contributed by atoms with Crippen molar-refractivity contribution in [3.8, 4) is 6.07 Å². The highest BCUT2D eigenvalue weighted by Crippen LogP contribution is 2.51. The van der Waals surface area contributed by atoms with Crippen LogP contribution in [0.1, 0.15) is 17.5 Å². The molecule has 30 heavy (non-hydrogen) atoms. The van der Waals surface area contributed by atoms with E-state index in [1.54, 1.807) is 12.1 Å². The number of nitriles is 1. The van der Waals surface area contributed by atoms with Gasteiger partial charge in [0, 0.05) is 36.8 Å². The molecule has 0 spiro atoms. The molecule has 0 aliphatic carbocycles. The standard InChI is InChI=1S/C22H25N5O2S/c23-9-4-10-25-19-13-21(26-22-16(14-24)6-3-7-18(19)22)27-11-12-30(28,29)20-8-2-1-5-17(20)15-27/h1-3,5-8,13,28-29H,4,9-12,15,23H2,(H,25,26). The van der Waals surface area contributed by atoms with Gasteiger partial charge in [-0.15, -0.1) is 0 Å². The van der Waals surface area contributed by atoms with Crippen LogP contribution in [0.25, 0.3) is 10.9 Å². The molecule has 1 aliphatic rings. The van der Waals surface area contributed by atoms with Gasteiger partial charge in [0.15, 0.2) is 0 Å². The van der Waals surface area contributed by atoms with Gasteiger partial charge in [0.05, 0.1) is 21.7 Å². The number of pyridine rings is 1. The molecule has 0 radical (unpaired) electrons. The molecule has 1 aromatic heterocycles. The van der Waals surface area contributed by atoms with Crippen LogP contribution in [0.5, 0.6) is 0 Å². The summed E-state index contributed by atoms with van der Waals surface area (Å²) in [6, 6.07) is 17.2. The van der Waals surface area contributed by atoms with E-state index in [-0.39, 0.29) is 5.75 Å². The fourth-order valence-corrected chi connectivity index (χ4v) is 5.28. The summed E-state index contributed by atoms with van der Waals surface area (Å²) in [7, 11) is -2.85. The lowest BCUT2D eigenvalue weighted by molar-refractivity contribution is 0.488. The largest absolute Gasteiger partial charge is 0.384 e. The predicted octanol–water partition coefficient (Wildman–Crippen LogP) is 4.00. The number of hydrogen-bond acceptors (Lipinski definition) is 7. The summed E-state index contributed by atoms with van der Waals surface area (Å²) in [6.07, 6.45) is 0.828. The molecule has 1 aliphatic heterocycles. The second-order valence-corrected chi connectivity index (χ2v) is 9.49. The van der Waals surface area contributed by atoms with Crippen molar-refractivity contribution in [2.75, 3.05) is 35.6 Å². The number of para-hydroxylation sites is 1. The van der Waals surface area contributed by atoms with Crippen LogP contribution in [-0.2, 0) is 6.54 Å². The number of benzene rings is 2. The van der Waals surface area contributed by atoms with Gasteiger partial charge in [-0.05, 0) is 30.7 Å². The first-order valence-electron chi connectivity index (χ1n) is 9.90. The molecule has 5 N–H and O–H groups in total. The second kappa shape index (κ2) is 8.50. The summed E-state index contributed by atoms with van der Waals surface area (Å²) >= 11 is 0. The zero-order valence-corrected chi connectivity index (χ0v) is 17.4. The SMILES string of the molecule is N#Cc1cccc2c(NCCCN)cc(N3CCS(O)(O)c4ccccc4C3)nc12. The van der Waals surface area contributed by atoms with Gasteiger partial charge in [-0.3, -0.25) is 9.11 Å². The lowest BCUT2D eigenvalue weighted by Gasteiger charge is -2.32. The lowest BCUT2D eigenvalue weighted by atomic mass is 10.1. The van der Waals surface area contributed by atoms with E-state index < -0.39 is 10.6 Å². The Labute approximate surface area is 177 Å². The van der Waals surface area contributed by atoms with Crippen molar-refractivity contribution in [3.05, 3.63) is 59.7 Å². The van der Waals surface area contributed by atoms with Crippen molar-refractivity contribution >= 4 is 33.0 Å². The molecule has 7 nitrogen and oxygen atoms in total. The molecule has 3 aromatic rings. The molecule has 8 heteroatoms. The van der Waals surface area contributed by atoms with E-state index in [9.17, 15) is 14.4 Å². The Morgan fingerprint density at radius 2 is 2.03 bits per heavy atom. The molecule has 0 amide bonds. The van der Waals surface area contributed by atoms with E-state index in [0.717, 1.165) is 29.6 Å². The van der Waals surface area contributed by atoms with Gasteiger partial charge in [-0.25, -0.2) is 4.98 Å². The molecule has 4 rings (SSSR count). The van der Waals surface area contributed by atoms with Crippen LogP contribution in [-0.4, -0.2) is 39.5 Å². The summed E-state index contributed by atoms with van der Waals surface area (Å²) in [5, 5.41) is 13.9. The second-order valence-electron chi connectivity index (χ2n) is 7.31. The minimum absolute atomic E-state index is 0.236. The monoisotopic (exact) mass is 423 g/mol. The Balaban J connectivity index is 1.79. The highest BCUT2D eigenvalue weighted by Gasteiger charge is 2.26. The van der Waals surface area contributed by atoms with Crippen molar-refractivity contribution in [1.29, 1.82) is 5.26 Å². The predicted molar refractivity (Wildman–Crippen MR) is 122 cm³/mol. The minimum atomic E-state index is -2.85. The molecule has 2 heterocycles. The highest BCUT2D eigenvalue weighted by atomic mass is 32.3. The van der Waals surface area contributed by atoms with Gasteiger partial charge < -0.3 is 16.0 Å². The fourth-order valence-electron chi connectivity index (χ4n) is 3.74. The van der Waals surface area contributed by atoms with Crippen LogP contribution < -0.4 is 16.0 Å². The highest BCUT2D eigenvalue weighted by molar-refractivity contribution is 8.24. The van der Waals surface area contributed by atoms with Gasteiger partial charge >= 0.3 is 0 Å². The Kier molecular flexibility index (Phi) is 5.79. The number of nitrogens with two attached hydrogens (primary N) is 1. The minimum Gasteiger partial charge on any atom is -0.384 e. The number of hydrogen-bond donors (Lipinski definition) is 4. The molecular weight excluding hydrogens is 398 g/mol. The van der Waals surface area contributed by atoms with Crippen LogP contribution in [0.4, 0.5) is 11.5 Å². The Morgan fingerprint density at radius 3 is 2.83 bits per heavy atom. The maximum Gasteiger partial charge on any atom is 0.131 e. The normalized spacial score (nSPS) is 16.4. The average Bonchev–Trinajstić information content (AvgIpc) is 2.89. The average molecular weight is 424 g/mol. The van der Waals surface area contributed by atoms with Crippen molar-refractivity contribution < 1.29 is 9.11 Å². The van der Waals surface area contributed by atoms with E-state index in [2.05, 4.69) is 11.4 Å². The smallest absolute Gasteiger partial charge is 0.131 e. The topological polar surface area (TPSA) is 118 Å². The number of rotatable bonds is 5. The van der Waals surface area contributed by atoms with Gasteiger partial charge in [0.25, 0.3) is 0 Å². The Hall–Kier alpha value is -2.83. The van der Waals surface area contributed by atoms with Crippen LogP contribution in [0.3, 0.4) is 0 Å². The molecular formula is C22H25N5O2S. The molecule has 0 atom stereocenters. The van der Waals surface area contributed by atoms with Gasteiger partial charge in [0.1, 0.15) is 11.9 Å². The van der Waals surface area contributed by atoms with Crippen LogP contribution in [0, 0.1) is 11.3 Å². The first-order valence-corrected chi connectivity index (χ1v) is 11.6. The van der Waals surface area contributed by atoms with Crippen molar-refractivity contribution in [2.45, 2.75) is 17.9 Å². The van der Waals surface area contributed by atoms with Crippen molar-refractivity contribution in [3.63, 3.8) is 0 Å². The van der Waals surface area contributed by atoms with Crippen LogP contribution >= 0.6 is 10.6 Å². The number of nitrogens with one attached hydrogen (secondary N) is 1. The Bertz CT molecular complexity index is 1110. The molecule has 0 saturated carbocycles. The first-order chi connectivity index (χ1) is 14.5. The van der Waals surface area contributed by atoms with Crippen LogP contribution in [0.2, 0.25) is 0 Å². The van der Waals surface area contributed by atoms with Crippen molar-refractivity contribution in [2.24, 2.45) is 5.73 Å². The van der Waals surface area contributed by atoms with Gasteiger partial charge in [-0.1, -0.05) is 30.3 Å². The first kappa shape index (κ1) is 20.4. The van der Waals surface area contributed by atoms with Crippen LogP contribution in [0.15, 0.2) is 53.4 Å². The third-order valence-corrected chi connectivity index (χ3v) is 7.15. The van der Waals surface area contributed by atoms with Crippen molar-refractivity contribution in [1.82, 2.24) is 4.98 Å². The fraction of sp³-hybridized carbons (Fsp3) is 0.273. The molecule has 156 valence electrons. The maximum atomic E-state index is 10.6. The Morgan fingerprint density at radius 1 is 1.20 bits per heavy atom. The summed E-state index contributed by atoms with van der Waals surface area (Å²) in [5.41, 5.74) is 8.55. The van der Waals surface area contributed by atoms with E-state index in [0.29, 0.717) is 41.4 Å². The number of anilines is 2. The summed E-state index contributed by atoms with van der Waals surface area (Å²) in [5.74, 6) is 0.937. The number of fused-ring (bicyclic) bond motifs is 2. The third-order valence-electron chi connectivity index (χ3n) is 5.30. The molecule has 0 bridgehead atoms. The maximum absolute atomic E-state index is 10.6. The van der Waals surface area contributed by atoms with Gasteiger partial charge in [0.2, 0.25) is 0 Å². The molecule has 2 aromatic carbocycles. The molecule has 0 unspecified atom stereocenters. The summed E-state index contributed by atoms with van der Waals surface area (Å²) < 4.78 is 21.3. The summed E-state index contributed by atoms with van der Waals surface area (Å²) in [6.45, 7) is 2.27. The molecule has 0 fully saturated rings. The van der Waals surface area contributed by atoms with E-state index >= 15 is 0 Å². The van der Waals surface area contributed by atoms with E-state index in [1.807, 2.05) is 41.3 Å². The zero-order chi connectivity index (χ0) is 21.1. The number of aromatic nitrogens is 1. The van der Waals surface area contributed by atoms with E-state index in [4.69, 9.17) is 10.7 Å².